The minimum absolute atomic E-state index is 0.0935. The standard InChI is InChI=1S/C15H25F2NO5S/c1-8-22-12(19)10(9-11(16)17)18(24(21)15(5,6)7)13(20)23-14(2,3)4/h9,11H,8H2,1-7H3/b10-9+/t24-/m1/s1. The highest BCUT2D eigenvalue weighted by molar-refractivity contribution is 7.91. The van der Waals surface area contributed by atoms with Crippen LogP contribution in [0.15, 0.2) is 11.8 Å². The lowest BCUT2D eigenvalue weighted by Crippen LogP contribution is -2.49. The molecule has 1 amide bonds. The number of amides is 1. The highest BCUT2D eigenvalue weighted by Gasteiger charge is 2.44. The van der Waals surface area contributed by atoms with Crippen molar-refractivity contribution in [2.24, 2.45) is 0 Å². The Morgan fingerprint density at radius 2 is 1.71 bits per heavy atom. The van der Waals surface area contributed by atoms with Crippen molar-refractivity contribution < 1.29 is 32.4 Å². The number of rotatable bonds is 5. The number of halogens is 2. The molecule has 9 heteroatoms. The first-order valence-corrected chi connectivity index (χ1v) is 8.43. The molecule has 0 fully saturated rings. The van der Waals surface area contributed by atoms with E-state index in [1.165, 1.54) is 27.7 Å². The molecule has 0 heterocycles. The van der Waals surface area contributed by atoms with Gasteiger partial charge in [0.15, 0.2) is 5.70 Å². The van der Waals surface area contributed by atoms with Gasteiger partial charge >= 0.3 is 12.1 Å². The second kappa shape index (κ2) is 8.66. The van der Waals surface area contributed by atoms with E-state index in [1.807, 2.05) is 0 Å². The number of carbonyl (C=O) groups is 2. The van der Waals surface area contributed by atoms with Crippen molar-refractivity contribution in [2.45, 2.75) is 65.2 Å². The van der Waals surface area contributed by atoms with Crippen LogP contribution in [-0.4, -0.2) is 44.3 Å². The van der Waals surface area contributed by atoms with Gasteiger partial charge in [-0.25, -0.2) is 18.4 Å². The molecule has 0 spiro atoms. The zero-order valence-electron chi connectivity index (χ0n) is 15.0. The fourth-order valence-electron chi connectivity index (χ4n) is 1.38. The van der Waals surface area contributed by atoms with E-state index in [4.69, 9.17) is 9.47 Å². The quantitative estimate of drug-likeness (QED) is 0.422. The summed E-state index contributed by atoms with van der Waals surface area (Å²) in [7, 11) is 0. The molecular formula is C15H25F2NO5S. The molecule has 0 saturated carbocycles. The summed E-state index contributed by atoms with van der Waals surface area (Å²) in [4.78, 5) is 24.4. The SMILES string of the molecule is CCOC(=O)/C(=C\C(F)F)N(C(=O)OC(C)(C)C)[S@+]([O-])C(C)(C)C. The van der Waals surface area contributed by atoms with Crippen LogP contribution in [0.2, 0.25) is 0 Å². The van der Waals surface area contributed by atoms with Crippen LogP contribution in [0, 0.1) is 0 Å². The zero-order chi connectivity index (χ0) is 19.3. The predicted octanol–water partition coefficient (Wildman–Crippen LogP) is 3.40. The maximum absolute atomic E-state index is 12.8. The normalized spacial score (nSPS) is 14.4. The number of alkyl halides is 2. The lowest BCUT2D eigenvalue weighted by atomic mass is 10.2. The summed E-state index contributed by atoms with van der Waals surface area (Å²) in [6.45, 7) is 10.7. The van der Waals surface area contributed by atoms with Crippen LogP contribution in [0.5, 0.6) is 0 Å². The van der Waals surface area contributed by atoms with E-state index < -0.39 is 45.9 Å². The number of hydrogen-bond acceptors (Lipinski definition) is 5. The summed E-state index contributed by atoms with van der Waals surface area (Å²) in [5.41, 5.74) is -1.78. The van der Waals surface area contributed by atoms with E-state index in [2.05, 4.69) is 0 Å². The number of esters is 1. The number of ether oxygens (including phenoxy) is 2. The van der Waals surface area contributed by atoms with Gasteiger partial charge in [-0.3, -0.25) is 0 Å². The van der Waals surface area contributed by atoms with Crippen molar-refractivity contribution >= 4 is 23.4 Å². The Labute approximate surface area is 144 Å². The van der Waals surface area contributed by atoms with Crippen molar-refractivity contribution in [2.75, 3.05) is 6.61 Å². The molecule has 6 nitrogen and oxygen atoms in total. The fourth-order valence-corrected chi connectivity index (χ4v) is 2.41. The van der Waals surface area contributed by atoms with Crippen LogP contribution in [0.3, 0.4) is 0 Å². The first kappa shape index (κ1) is 22.6. The molecular weight excluding hydrogens is 344 g/mol. The molecule has 0 aromatic carbocycles. The first-order chi connectivity index (χ1) is 10.7. The van der Waals surface area contributed by atoms with E-state index in [-0.39, 0.29) is 12.7 Å². The van der Waals surface area contributed by atoms with Crippen LogP contribution >= 0.6 is 0 Å². The highest BCUT2D eigenvalue weighted by Crippen LogP contribution is 2.27. The third-order valence-electron chi connectivity index (χ3n) is 2.24. The van der Waals surface area contributed by atoms with Gasteiger partial charge in [0.05, 0.1) is 18.0 Å². The predicted molar refractivity (Wildman–Crippen MR) is 86.7 cm³/mol. The van der Waals surface area contributed by atoms with Gasteiger partial charge in [-0.15, -0.1) is 0 Å². The van der Waals surface area contributed by atoms with Gasteiger partial charge in [0.1, 0.15) is 10.3 Å². The summed E-state index contributed by atoms with van der Waals surface area (Å²) in [6, 6.07) is 0. The van der Waals surface area contributed by atoms with Crippen LogP contribution < -0.4 is 0 Å². The van der Waals surface area contributed by atoms with Crippen molar-refractivity contribution in [3.63, 3.8) is 0 Å². The van der Waals surface area contributed by atoms with Crippen LogP contribution in [0.25, 0.3) is 0 Å². The van der Waals surface area contributed by atoms with Gasteiger partial charge < -0.3 is 14.0 Å². The molecule has 0 aliphatic carbocycles. The maximum atomic E-state index is 12.8. The molecule has 0 aromatic rings. The molecule has 0 aromatic heterocycles. The van der Waals surface area contributed by atoms with Gasteiger partial charge in [0.25, 0.3) is 6.43 Å². The summed E-state index contributed by atoms with van der Waals surface area (Å²) < 4.78 is 47.6. The molecule has 140 valence electrons. The summed E-state index contributed by atoms with van der Waals surface area (Å²) >= 11 is -2.15. The third kappa shape index (κ3) is 7.48. The van der Waals surface area contributed by atoms with Crippen molar-refractivity contribution in [3.8, 4) is 0 Å². The van der Waals surface area contributed by atoms with Gasteiger partial charge in [0.2, 0.25) is 0 Å². The second-order valence-corrected chi connectivity index (χ2v) is 8.83. The van der Waals surface area contributed by atoms with Gasteiger partial charge in [-0.1, -0.05) is 4.31 Å². The number of carbonyl (C=O) groups excluding carboxylic acids is 2. The average Bonchev–Trinajstić information content (AvgIpc) is 2.34. The van der Waals surface area contributed by atoms with Crippen LogP contribution in [0.1, 0.15) is 48.5 Å². The fraction of sp³-hybridized carbons (Fsp3) is 0.733. The number of allylic oxidation sites excluding steroid dienone is 1. The summed E-state index contributed by atoms with van der Waals surface area (Å²) in [6.07, 6.45) is -3.99. The van der Waals surface area contributed by atoms with E-state index in [9.17, 15) is 22.9 Å². The Kier molecular flexibility index (Phi) is 8.17. The van der Waals surface area contributed by atoms with Crippen LogP contribution in [0.4, 0.5) is 13.6 Å². The topological polar surface area (TPSA) is 78.9 Å². The second-order valence-electron chi connectivity index (χ2n) is 6.74. The molecule has 0 unspecified atom stereocenters. The molecule has 24 heavy (non-hydrogen) atoms. The maximum Gasteiger partial charge on any atom is 0.457 e. The summed E-state index contributed by atoms with van der Waals surface area (Å²) in [5.74, 6) is -1.18. The van der Waals surface area contributed by atoms with Crippen LogP contribution in [-0.2, 0) is 25.6 Å². The highest BCUT2D eigenvalue weighted by atomic mass is 32.2. The minimum atomic E-state index is -3.05. The number of hydrogen-bond donors (Lipinski definition) is 0. The molecule has 1 atom stereocenters. The van der Waals surface area contributed by atoms with Gasteiger partial charge in [-0.05, 0) is 48.5 Å². The molecule has 0 radical (unpaired) electrons. The molecule has 0 N–H and O–H groups in total. The molecule has 0 aliphatic rings. The van der Waals surface area contributed by atoms with Crippen molar-refractivity contribution in [1.29, 1.82) is 0 Å². The Balaban J connectivity index is 6.03. The number of nitrogens with zero attached hydrogens (tertiary/aromatic N) is 1. The smallest absolute Gasteiger partial charge is 0.457 e. The summed E-state index contributed by atoms with van der Waals surface area (Å²) in [5, 5.41) is 0. The molecule has 0 aliphatic heterocycles. The lowest BCUT2D eigenvalue weighted by molar-refractivity contribution is -0.139. The largest absolute Gasteiger partial charge is 0.592 e. The lowest BCUT2D eigenvalue weighted by Gasteiger charge is -2.33. The average molecular weight is 369 g/mol. The minimum Gasteiger partial charge on any atom is -0.592 e. The molecule has 0 rings (SSSR count). The van der Waals surface area contributed by atoms with E-state index in [0.29, 0.717) is 4.31 Å². The van der Waals surface area contributed by atoms with Gasteiger partial charge in [0, 0.05) is 6.08 Å². The Hall–Kier alpha value is -1.35. The molecule has 0 bridgehead atoms. The Morgan fingerprint density at radius 1 is 1.21 bits per heavy atom. The Bertz CT molecular complexity index is 483. The monoisotopic (exact) mass is 369 g/mol. The van der Waals surface area contributed by atoms with E-state index in [0.717, 1.165) is 0 Å². The van der Waals surface area contributed by atoms with Gasteiger partial charge in [-0.2, -0.15) is 0 Å². The van der Waals surface area contributed by atoms with Crippen molar-refractivity contribution in [1.82, 2.24) is 4.31 Å². The Morgan fingerprint density at radius 3 is 2.04 bits per heavy atom. The van der Waals surface area contributed by atoms with E-state index in [1.54, 1.807) is 20.8 Å². The van der Waals surface area contributed by atoms with Crippen molar-refractivity contribution in [3.05, 3.63) is 11.8 Å². The first-order valence-electron chi connectivity index (χ1n) is 7.33. The van der Waals surface area contributed by atoms with E-state index >= 15 is 0 Å². The zero-order valence-corrected chi connectivity index (χ0v) is 15.8. The third-order valence-corrected chi connectivity index (χ3v) is 3.96. The molecule has 0 saturated heterocycles.